The third kappa shape index (κ3) is 2.32. The molecule has 0 spiro atoms. The van der Waals surface area contributed by atoms with E-state index in [2.05, 4.69) is 30.4 Å². The summed E-state index contributed by atoms with van der Waals surface area (Å²) in [5, 5.41) is 3.64. The molecule has 2 aliphatic rings. The van der Waals surface area contributed by atoms with Crippen molar-refractivity contribution < 1.29 is 4.74 Å². The first-order chi connectivity index (χ1) is 8.33. The standard InChI is InChI=1S/C15H21NO/c1-11(12-6-4-7-12)16-10-14-9-13-5-2-3-8-15(13)17-14/h2-3,5,8,11-12,14,16H,4,6-7,9-10H2,1H3. The van der Waals surface area contributed by atoms with E-state index in [0.717, 1.165) is 24.6 Å². The minimum Gasteiger partial charge on any atom is -0.488 e. The van der Waals surface area contributed by atoms with E-state index in [1.807, 2.05) is 6.07 Å². The zero-order chi connectivity index (χ0) is 11.7. The summed E-state index contributed by atoms with van der Waals surface area (Å²) < 4.78 is 5.93. The van der Waals surface area contributed by atoms with Crippen LogP contribution < -0.4 is 10.1 Å². The van der Waals surface area contributed by atoms with Crippen molar-refractivity contribution in [3.05, 3.63) is 29.8 Å². The van der Waals surface area contributed by atoms with E-state index in [1.54, 1.807) is 0 Å². The molecule has 0 aromatic heterocycles. The van der Waals surface area contributed by atoms with Gasteiger partial charge in [-0.25, -0.2) is 0 Å². The minimum atomic E-state index is 0.329. The molecule has 3 rings (SSSR count). The van der Waals surface area contributed by atoms with Crippen molar-refractivity contribution in [1.82, 2.24) is 5.32 Å². The van der Waals surface area contributed by atoms with Crippen molar-refractivity contribution in [2.24, 2.45) is 5.92 Å². The number of para-hydroxylation sites is 1. The Labute approximate surface area is 103 Å². The van der Waals surface area contributed by atoms with Crippen LogP contribution in [0.5, 0.6) is 5.75 Å². The molecule has 1 N–H and O–H groups in total. The topological polar surface area (TPSA) is 21.3 Å². The Hall–Kier alpha value is -1.02. The molecule has 0 radical (unpaired) electrons. The first-order valence-corrected chi connectivity index (χ1v) is 6.81. The van der Waals surface area contributed by atoms with Gasteiger partial charge in [-0.2, -0.15) is 0 Å². The lowest BCUT2D eigenvalue weighted by atomic mass is 9.80. The highest BCUT2D eigenvalue weighted by atomic mass is 16.5. The molecule has 1 aliphatic carbocycles. The first-order valence-electron chi connectivity index (χ1n) is 6.81. The van der Waals surface area contributed by atoms with E-state index in [0.29, 0.717) is 12.1 Å². The smallest absolute Gasteiger partial charge is 0.123 e. The molecule has 1 heterocycles. The Balaban J connectivity index is 1.48. The first kappa shape index (κ1) is 11.1. The van der Waals surface area contributed by atoms with Crippen LogP contribution in [0.2, 0.25) is 0 Å². The second-order valence-corrected chi connectivity index (χ2v) is 5.44. The van der Waals surface area contributed by atoms with Gasteiger partial charge in [0.05, 0.1) is 0 Å². The van der Waals surface area contributed by atoms with Crippen molar-refractivity contribution in [2.45, 2.75) is 44.8 Å². The van der Waals surface area contributed by atoms with Crippen LogP contribution in [0.4, 0.5) is 0 Å². The van der Waals surface area contributed by atoms with Crippen LogP contribution in [0.15, 0.2) is 24.3 Å². The SMILES string of the molecule is CC(NCC1Cc2ccccc2O1)C1CCC1. The molecule has 2 heteroatoms. The van der Waals surface area contributed by atoms with Crippen LogP contribution >= 0.6 is 0 Å². The normalized spacial score (nSPS) is 24.9. The van der Waals surface area contributed by atoms with Gasteiger partial charge in [0, 0.05) is 19.0 Å². The van der Waals surface area contributed by atoms with Crippen molar-refractivity contribution >= 4 is 0 Å². The number of nitrogens with one attached hydrogen (secondary N) is 1. The van der Waals surface area contributed by atoms with Crippen LogP contribution in [-0.4, -0.2) is 18.7 Å². The summed E-state index contributed by atoms with van der Waals surface area (Å²) in [7, 11) is 0. The Morgan fingerprint density at radius 1 is 1.35 bits per heavy atom. The van der Waals surface area contributed by atoms with Crippen molar-refractivity contribution in [2.75, 3.05) is 6.54 Å². The second kappa shape index (κ2) is 4.69. The predicted octanol–water partition coefficient (Wildman–Crippen LogP) is 2.77. The number of rotatable bonds is 4. The van der Waals surface area contributed by atoms with Gasteiger partial charge in [0.15, 0.2) is 0 Å². The van der Waals surface area contributed by atoms with Crippen molar-refractivity contribution in [3.63, 3.8) is 0 Å². The van der Waals surface area contributed by atoms with Gasteiger partial charge in [0.1, 0.15) is 11.9 Å². The number of ether oxygens (including phenoxy) is 1. The zero-order valence-corrected chi connectivity index (χ0v) is 10.5. The summed E-state index contributed by atoms with van der Waals surface area (Å²) >= 11 is 0. The summed E-state index contributed by atoms with van der Waals surface area (Å²) in [6.07, 6.45) is 5.61. The van der Waals surface area contributed by atoms with Crippen molar-refractivity contribution in [3.8, 4) is 5.75 Å². The lowest BCUT2D eigenvalue weighted by molar-refractivity contribution is 0.191. The zero-order valence-electron chi connectivity index (χ0n) is 10.5. The molecule has 2 unspecified atom stereocenters. The Bertz CT molecular complexity index is 361. The highest BCUT2D eigenvalue weighted by Gasteiger charge is 2.26. The van der Waals surface area contributed by atoms with Crippen molar-refractivity contribution in [1.29, 1.82) is 0 Å². The van der Waals surface area contributed by atoms with E-state index in [-0.39, 0.29) is 0 Å². The molecular formula is C15H21NO. The largest absolute Gasteiger partial charge is 0.488 e. The average molecular weight is 231 g/mol. The molecule has 0 bridgehead atoms. The number of hydrogen-bond donors (Lipinski definition) is 1. The fourth-order valence-electron chi connectivity index (χ4n) is 2.79. The summed E-state index contributed by atoms with van der Waals surface area (Å²) in [5.41, 5.74) is 1.36. The molecule has 0 saturated heterocycles. The van der Waals surface area contributed by atoms with Gasteiger partial charge >= 0.3 is 0 Å². The molecule has 17 heavy (non-hydrogen) atoms. The van der Waals surface area contributed by atoms with Gasteiger partial charge in [-0.05, 0) is 37.3 Å². The second-order valence-electron chi connectivity index (χ2n) is 5.44. The molecule has 2 nitrogen and oxygen atoms in total. The highest BCUT2D eigenvalue weighted by molar-refractivity contribution is 5.37. The number of benzene rings is 1. The Morgan fingerprint density at radius 2 is 2.18 bits per heavy atom. The quantitative estimate of drug-likeness (QED) is 0.860. The van der Waals surface area contributed by atoms with Gasteiger partial charge < -0.3 is 10.1 Å². The lowest BCUT2D eigenvalue weighted by Gasteiger charge is -2.32. The summed E-state index contributed by atoms with van der Waals surface area (Å²) in [5.74, 6) is 1.98. The van der Waals surface area contributed by atoms with Crippen LogP contribution in [-0.2, 0) is 6.42 Å². The predicted molar refractivity (Wildman–Crippen MR) is 69.4 cm³/mol. The van der Waals surface area contributed by atoms with Crippen LogP contribution in [0.1, 0.15) is 31.7 Å². The maximum atomic E-state index is 5.93. The maximum Gasteiger partial charge on any atom is 0.123 e. The van der Waals surface area contributed by atoms with Gasteiger partial charge in [-0.1, -0.05) is 24.6 Å². The maximum absolute atomic E-state index is 5.93. The third-order valence-corrected chi connectivity index (χ3v) is 4.24. The van der Waals surface area contributed by atoms with Crippen LogP contribution in [0.25, 0.3) is 0 Å². The summed E-state index contributed by atoms with van der Waals surface area (Å²) in [4.78, 5) is 0. The highest BCUT2D eigenvalue weighted by Crippen LogP contribution is 2.30. The number of fused-ring (bicyclic) bond motifs is 1. The van der Waals surface area contributed by atoms with E-state index in [9.17, 15) is 0 Å². The third-order valence-electron chi connectivity index (χ3n) is 4.24. The van der Waals surface area contributed by atoms with E-state index in [4.69, 9.17) is 4.74 Å². The van der Waals surface area contributed by atoms with Gasteiger partial charge in [-0.3, -0.25) is 0 Å². The summed E-state index contributed by atoms with van der Waals surface area (Å²) in [6.45, 7) is 3.29. The molecule has 92 valence electrons. The minimum absolute atomic E-state index is 0.329. The van der Waals surface area contributed by atoms with Crippen LogP contribution in [0.3, 0.4) is 0 Å². The van der Waals surface area contributed by atoms with Gasteiger partial charge in [0.2, 0.25) is 0 Å². The Kier molecular flexibility index (Phi) is 3.06. The molecule has 0 amide bonds. The van der Waals surface area contributed by atoms with Crippen LogP contribution in [0, 0.1) is 5.92 Å². The van der Waals surface area contributed by atoms with E-state index < -0.39 is 0 Å². The van der Waals surface area contributed by atoms with Gasteiger partial charge in [-0.15, -0.1) is 0 Å². The molecule has 1 aliphatic heterocycles. The summed E-state index contributed by atoms with van der Waals surface area (Å²) in [6, 6.07) is 9.03. The lowest BCUT2D eigenvalue weighted by Crippen LogP contribution is -2.41. The fourth-order valence-corrected chi connectivity index (χ4v) is 2.79. The van der Waals surface area contributed by atoms with Gasteiger partial charge in [0.25, 0.3) is 0 Å². The molecule has 1 fully saturated rings. The molecular weight excluding hydrogens is 210 g/mol. The molecule has 1 aromatic rings. The van der Waals surface area contributed by atoms with E-state index in [1.165, 1.54) is 24.8 Å². The number of hydrogen-bond acceptors (Lipinski definition) is 2. The Morgan fingerprint density at radius 3 is 2.88 bits per heavy atom. The fraction of sp³-hybridized carbons (Fsp3) is 0.600. The molecule has 2 atom stereocenters. The molecule has 1 saturated carbocycles. The molecule has 1 aromatic carbocycles. The van der Waals surface area contributed by atoms with E-state index >= 15 is 0 Å². The average Bonchev–Trinajstić information content (AvgIpc) is 2.66. The monoisotopic (exact) mass is 231 g/mol.